The van der Waals surface area contributed by atoms with Crippen LogP contribution in [0.1, 0.15) is 10.4 Å². The van der Waals surface area contributed by atoms with Crippen LogP contribution >= 0.6 is 0 Å². The molecule has 1 rings (SSSR count). The molecule has 0 atom stereocenters. The van der Waals surface area contributed by atoms with Gasteiger partial charge in [-0.1, -0.05) is 0 Å². The second-order valence-corrected chi connectivity index (χ2v) is 3.27. The SMILES string of the molecule is NC(N)=NC(N)=Nc1ccc(C(=O)O)cc1[N+](=O)[O-]. The number of guanidine groups is 2. The summed E-state index contributed by atoms with van der Waals surface area (Å²) >= 11 is 0. The van der Waals surface area contributed by atoms with Gasteiger partial charge in [-0.3, -0.25) is 10.1 Å². The van der Waals surface area contributed by atoms with Crippen LogP contribution in [0.25, 0.3) is 0 Å². The number of rotatable bonds is 3. The molecule has 10 nitrogen and oxygen atoms in total. The van der Waals surface area contributed by atoms with Crippen molar-refractivity contribution in [1.82, 2.24) is 0 Å². The molecule has 0 unspecified atom stereocenters. The number of nitrogens with two attached hydrogens (primary N) is 3. The highest BCUT2D eigenvalue weighted by Gasteiger charge is 2.17. The molecule has 100 valence electrons. The van der Waals surface area contributed by atoms with Crippen LogP contribution in [0.4, 0.5) is 11.4 Å². The van der Waals surface area contributed by atoms with Crippen molar-refractivity contribution in [2.75, 3.05) is 0 Å². The maximum Gasteiger partial charge on any atom is 0.335 e. The molecule has 0 aromatic heterocycles. The van der Waals surface area contributed by atoms with E-state index < -0.39 is 16.6 Å². The summed E-state index contributed by atoms with van der Waals surface area (Å²) < 4.78 is 0. The second kappa shape index (κ2) is 5.44. The molecule has 19 heavy (non-hydrogen) atoms. The molecule has 0 aliphatic rings. The fourth-order valence-corrected chi connectivity index (χ4v) is 1.18. The summed E-state index contributed by atoms with van der Waals surface area (Å²) in [6.07, 6.45) is 0. The standard InChI is InChI=1S/C9H10N6O4/c10-8(11)14-9(12)13-5-2-1-4(7(16)17)3-6(5)15(18)19/h1-3H,(H,16,17)(H6,10,11,12,13,14). The van der Waals surface area contributed by atoms with E-state index in [1.165, 1.54) is 0 Å². The number of aromatic carboxylic acids is 1. The van der Waals surface area contributed by atoms with E-state index in [1.807, 2.05) is 0 Å². The largest absolute Gasteiger partial charge is 0.478 e. The minimum Gasteiger partial charge on any atom is -0.478 e. The molecule has 10 heteroatoms. The van der Waals surface area contributed by atoms with Crippen molar-refractivity contribution >= 4 is 29.3 Å². The van der Waals surface area contributed by atoms with E-state index in [-0.39, 0.29) is 23.2 Å². The number of hydrogen-bond donors (Lipinski definition) is 4. The van der Waals surface area contributed by atoms with Crippen molar-refractivity contribution in [3.63, 3.8) is 0 Å². The summed E-state index contributed by atoms with van der Waals surface area (Å²) in [7, 11) is 0. The summed E-state index contributed by atoms with van der Waals surface area (Å²) in [6, 6.07) is 3.15. The summed E-state index contributed by atoms with van der Waals surface area (Å²) in [6.45, 7) is 0. The van der Waals surface area contributed by atoms with Gasteiger partial charge < -0.3 is 22.3 Å². The number of hydrogen-bond acceptors (Lipinski definition) is 4. The highest BCUT2D eigenvalue weighted by Crippen LogP contribution is 2.28. The van der Waals surface area contributed by atoms with Crippen LogP contribution in [0.15, 0.2) is 28.2 Å². The number of nitro benzene ring substituents is 1. The number of benzene rings is 1. The Hall–Kier alpha value is -3.17. The molecule has 1 aromatic carbocycles. The number of carboxylic acid groups (broad SMARTS) is 1. The molecule has 0 heterocycles. The van der Waals surface area contributed by atoms with Crippen LogP contribution in [0.2, 0.25) is 0 Å². The maximum absolute atomic E-state index is 10.8. The number of nitro groups is 1. The molecular formula is C9H10N6O4. The van der Waals surface area contributed by atoms with Crippen LogP contribution in [0, 0.1) is 10.1 Å². The summed E-state index contributed by atoms with van der Waals surface area (Å²) in [5.74, 6) is -2.03. The lowest BCUT2D eigenvalue weighted by Gasteiger charge is -2.00. The van der Waals surface area contributed by atoms with Crippen molar-refractivity contribution in [1.29, 1.82) is 0 Å². The van der Waals surface area contributed by atoms with Crippen molar-refractivity contribution < 1.29 is 14.8 Å². The van der Waals surface area contributed by atoms with Gasteiger partial charge in [-0.25, -0.2) is 9.79 Å². The van der Waals surface area contributed by atoms with Crippen LogP contribution < -0.4 is 17.2 Å². The van der Waals surface area contributed by atoms with Gasteiger partial charge in [-0.05, 0) is 12.1 Å². The second-order valence-electron chi connectivity index (χ2n) is 3.27. The average Bonchev–Trinajstić information content (AvgIpc) is 2.27. The Balaban J connectivity index is 3.32. The van der Waals surface area contributed by atoms with Gasteiger partial charge in [0.15, 0.2) is 5.96 Å². The molecule has 0 spiro atoms. The number of aliphatic imine (C=N–C) groups is 2. The van der Waals surface area contributed by atoms with Crippen molar-refractivity contribution in [2.45, 2.75) is 0 Å². The molecule has 0 bridgehead atoms. The van der Waals surface area contributed by atoms with Gasteiger partial charge in [0.05, 0.1) is 10.5 Å². The lowest BCUT2D eigenvalue weighted by atomic mass is 10.2. The number of nitrogens with zero attached hydrogens (tertiary/aromatic N) is 3. The van der Waals surface area contributed by atoms with Crippen molar-refractivity contribution in [3.05, 3.63) is 33.9 Å². The molecular weight excluding hydrogens is 256 g/mol. The van der Waals surface area contributed by atoms with Gasteiger partial charge in [0, 0.05) is 6.07 Å². The Morgan fingerprint density at radius 2 is 1.95 bits per heavy atom. The van der Waals surface area contributed by atoms with Crippen molar-refractivity contribution in [3.8, 4) is 0 Å². The maximum atomic E-state index is 10.8. The van der Waals surface area contributed by atoms with Gasteiger partial charge in [0.1, 0.15) is 5.69 Å². The van der Waals surface area contributed by atoms with Crippen molar-refractivity contribution in [2.24, 2.45) is 27.2 Å². The first-order valence-corrected chi connectivity index (χ1v) is 4.76. The number of carboxylic acids is 1. The minimum absolute atomic E-state index is 0.155. The molecule has 0 aliphatic carbocycles. The molecule has 1 aromatic rings. The molecule has 0 saturated carbocycles. The highest BCUT2D eigenvalue weighted by atomic mass is 16.6. The first-order chi connectivity index (χ1) is 8.81. The minimum atomic E-state index is -1.30. The van der Waals surface area contributed by atoms with Crippen LogP contribution in [-0.2, 0) is 0 Å². The van der Waals surface area contributed by atoms with E-state index in [4.69, 9.17) is 22.3 Å². The Kier molecular flexibility index (Phi) is 3.98. The summed E-state index contributed by atoms with van der Waals surface area (Å²) in [5.41, 5.74) is 14.5. The molecule has 7 N–H and O–H groups in total. The van der Waals surface area contributed by atoms with Gasteiger partial charge in [-0.15, -0.1) is 0 Å². The van der Waals surface area contributed by atoms with E-state index in [0.717, 1.165) is 18.2 Å². The fraction of sp³-hybridized carbons (Fsp3) is 0. The Labute approximate surface area is 106 Å². The smallest absolute Gasteiger partial charge is 0.335 e. The topological polar surface area (TPSA) is 183 Å². The summed E-state index contributed by atoms with van der Waals surface area (Å²) in [4.78, 5) is 27.8. The lowest BCUT2D eigenvalue weighted by Crippen LogP contribution is -2.26. The quantitative estimate of drug-likeness (QED) is 0.246. The molecule has 0 saturated heterocycles. The first kappa shape index (κ1) is 13.9. The zero-order valence-corrected chi connectivity index (χ0v) is 9.48. The van der Waals surface area contributed by atoms with Gasteiger partial charge in [0.2, 0.25) is 5.96 Å². The van der Waals surface area contributed by atoms with Gasteiger partial charge in [0.25, 0.3) is 5.69 Å². The first-order valence-electron chi connectivity index (χ1n) is 4.76. The van der Waals surface area contributed by atoms with E-state index in [0.29, 0.717) is 0 Å². The van der Waals surface area contributed by atoms with E-state index in [9.17, 15) is 14.9 Å². The summed E-state index contributed by atoms with van der Waals surface area (Å²) in [5, 5.41) is 19.6. The predicted octanol–water partition coefficient (Wildman–Crippen LogP) is -0.487. The Bertz CT molecular complexity index is 590. The molecule has 0 radical (unpaired) electrons. The van der Waals surface area contributed by atoms with Crippen LogP contribution in [0.5, 0.6) is 0 Å². The number of carbonyl (C=O) groups is 1. The predicted molar refractivity (Wildman–Crippen MR) is 67.1 cm³/mol. The molecule has 0 amide bonds. The average molecular weight is 266 g/mol. The third-order valence-electron chi connectivity index (χ3n) is 1.90. The van der Waals surface area contributed by atoms with Gasteiger partial charge in [-0.2, -0.15) is 4.99 Å². The van der Waals surface area contributed by atoms with Crippen LogP contribution in [-0.4, -0.2) is 27.9 Å². The Morgan fingerprint density at radius 3 is 2.42 bits per heavy atom. The third-order valence-corrected chi connectivity index (χ3v) is 1.90. The highest BCUT2D eigenvalue weighted by molar-refractivity contribution is 5.94. The van der Waals surface area contributed by atoms with Crippen LogP contribution in [0.3, 0.4) is 0 Å². The normalized spacial score (nSPS) is 10.8. The van der Waals surface area contributed by atoms with Gasteiger partial charge >= 0.3 is 5.97 Å². The fourth-order valence-electron chi connectivity index (χ4n) is 1.18. The molecule has 0 aliphatic heterocycles. The lowest BCUT2D eigenvalue weighted by molar-refractivity contribution is -0.384. The molecule has 0 fully saturated rings. The van der Waals surface area contributed by atoms with E-state index in [1.54, 1.807) is 0 Å². The zero-order valence-electron chi connectivity index (χ0n) is 9.48. The third kappa shape index (κ3) is 3.66. The monoisotopic (exact) mass is 266 g/mol. The van der Waals surface area contributed by atoms with E-state index in [2.05, 4.69) is 9.98 Å². The Morgan fingerprint density at radius 1 is 1.32 bits per heavy atom. The zero-order chi connectivity index (χ0) is 14.6. The van der Waals surface area contributed by atoms with E-state index >= 15 is 0 Å².